The third-order valence-corrected chi connectivity index (χ3v) is 6.65. The van der Waals surface area contributed by atoms with E-state index in [1.165, 1.54) is 12.4 Å². The molecule has 2 aromatic heterocycles. The zero-order valence-electron chi connectivity index (χ0n) is 18.7. The maximum Gasteiger partial charge on any atom is 0.137 e. The first-order valence-corrected chi connectivity index (χ1v) is 10.7. The second kappa shape index (κ2) is 8.65. The number of halogens is 2. The molecule has 4 aromatic rings. The minimum Gasteiger partial charge on any atom is -0.268 e. The lowest BCUT2D eigenvalue weighted by Crippen LogP contribution is -2.43. The van der Waals surface area contributed by atoms with E-state index in [2.05, 4.69) is 60.2 Å². The average molecular weight is 436 g/mol. The highest BCUT2D eigenvalue weighted by Crippen LogP contribution is 2.47. The number of hydrogen-bond donors (Lipinski definition) is 0. The summed E-state index contributed by atoms with van der Waals surface area (Å²) < 4.78 is 32.5. The van der Waals surface area contributed by atoms with E-state index in [9.17, 15) is 4.39 Å². The molecule has 0 aliphatic rings. The van der Waals surface area contributed by atoms with E-state index < -0.39 is 17.0 Å². The zero-order valence-corrected chi connectivity index (χ0v) is 18.7. The van der Waals surface area contributed by atoms with Crippen LogP contribution in [0.3, 0.4) is 0 Å². The Kier molecular flexibility index (Phi) is 5.91. The Morgan fingerprint density at radius 1 is 0.969 bits per heavy atom. The zero-order chi connectivity index (χ0) is 22.9. The van der Waals surface area contributed by atoms with Gasteiger partial charge in [0.15, 0.2) is 0 Å². The SMILES string of the molecule is CC(C)[C@@](Cn1cncn1)(c1ccc(F)cc1F)[C@@H](C)c1ccc(-c2ccnn2C)cc1. The standard InChI is InChI=1S/C25H27F2N5/c1-17(2)25(14-32-16-28-15-30-32,22-10-9-21(26)13-23(22)27)18(3)19-5-7-20(8-6-19)24-11-12-29-31(24)4/h5-13,15-18H,14H2,1-4H3/t18-,25+/m0/s1. The number of nitrogens with zero attached hydrogens (tertiary/aromatic N) is 5. The van der Waals surface area contributed by atoms with Crippen LogP contribution >= 0.6 is 0 Å². The molecule has 2 aromatic carbocycles. The topological polar surface area (TPSA) is 48.5 Å². The lowest BCUT2D eigenvalue weighted by molar-refractivity contribution is 0.205. The van der Waals surface area contributed by atoms with Crippen molar-refractivity contribution in [3.63, 3.8) is 0 Å². The molecule has 0 saturated heterocycles. The summed E-state index contributed by atoms with van der Waals surface area (Å²) in [6.07, 6.45) is 4.88. The number of benzene rings is 2. The molecule has 0 aliphatic heterocycles. The number of hydrogen-bond acceptors (Lipinski definition) is 3. The van der Waals surface area contributed by atoms with Crippen LogP contribution in [0, 0.1) is 17.6 Å². The van der Waals surface area contributed by atoms with Crippen LogP contribution in [0.25, 0.3) is 11.3 Å². The monoisotopic (exact) mass is 435 g/mol. The first kappa shape index (κ1) is 21.9. The average Bonchev–Trinajstić information content (AvgIpc) is 3.43. The van der Waals surface area contributed by atoms with E-state index in [1.807, 2.05) is 17.8 Å². The van der Waals surface area contributed by atoms with Crippen molar-refractivity contribution in [1.82, 2.24) is 24.5 Å². The summed E-state index contributed by atoms with van der Waals surface area (Å²) >= 11 is 0. The molecule has 0 radical (unpaired) electrons. The van der Waals surface area contributed by atoms with Crippen molar-refractivity contribution in [3.05, 3.63) is 90.1 Å². The smallest absolute Gasteiger partial charge is 0.137 e. The van der Waals surface area contributed by atoms with Crippen LogP contribution in [0.1, 0.15) is 37.8 Å². The van der Waals surface area contributed by atoms with Gasteiger partial charge in [-0.25, -0.2) is 13.8 Å². The van der Waals surface area contributed by atoms with E-state index >= 15 is 4.39 Å². The van der Waals surface area contributed by atoms with Crippen LogP contribution in [0.2, 0.25) is 0 Å². The predicted octanol–water partition coefficient (Wildman–Crippen LogP) is 5.35. The van der Waals surface area contributed by atoms with Crippen LogP contribution in [0.4, 0.5) is 8.78 Å². The van der Waals surface area contributed by atoms with Gasteiger partial charge in [-0.1, -0.05) is 51.1 Å². The molecule has 0 amide bonds. The van der Waals surface area contributed by atoms with Crippen LogP contribution in [0.15, 0.2) is 67.4 Å². The maximum absolute atomic E-state index is 15.2. The maximum atomic E-state index is 15.2. The Bertz CT molecular complexity index is 1180. The van der Waals surface area contributed by atoms with Crippen LogP contribution in [-0.4, -0.2) is 24.5 Å². The molecule has 0 saturated carbocycles. The highest BCUT2D eigenvalue weighted by molar-refractivity contribution is 5.59. The lowest BCUT2D eigenvalue weighted by Gasteiger charge is -2.43. The summed E-state index contributed by atoms with van der Waals surface area (Å²) in [5.74, 6) is -1.19. The van der Waals surface area contributed by atoms with Crippen molar-refractivity contribution in [3.8, 4) is 11.3 Å². The summed E-state index contributed by atoms with van der Waals surface area (Å²) in [6.45, 7) is 6.65. The van der Waals surface area contributed by atoms with Crippen molar-refractivity contribution in [2.24, 2.45) is 13.0 Å². The van der Waals surface area contributed by atoms with Crippen molar-refractivity contribution in [2.45, 2.75) is 38.6 Å². The fraction of sp³-hybridized carbons (Fsp3) is 0.320. The second-order valence-electron chi connectivity index (χ2n) is 8.60. The molecule has 5 nitrogen and oxygen atoms in total. The summed E-state index contributed by atoms with van der Waals surface area (Å²) in [5, 5.41) is 8.53. The second-order valence-corrected chi connectivity index (χ2v) is 8.60. The first-order chi connectivity index (χ1) is 15.3. The van der Waals surface area contributed by atoms with Gasteiger partial charge in [0.2, 0.25) is 0 Å². The predicted molar refractivity (Wildman–Crippen MR) is 120 cm³/mol. The molecular weight excluding hydrogens is 408 g/mol. The fourth-order valence-electron chi connectivity index (χ4n) is 4.80. The van der Waals surface area contributed by atoms with Gasteiger partial charge in [-0.15, -0.1) is 0 Å². The Labute approximate surface area is 186 Å². The summed E-state index contributed by atoms with van der Waals surface area (Å²) in [6, 6.07) is 14.1. The molecule has 0 spiro atoms. The van der Waals surface area contributed by atoms with E-state index in [0.717, 1.165) is 22.9 Å². The molecule has 0 unspecified atom stereocenters. The van der Waals surface area contributed by atoms with Crippen molar-refractivity contribution < 1.29 is 8.78 Å². The van der Waals surface area contributed by atoms with Crippen LogP contribution in [0.5, 0.6) is 0 Å². The summed E-state index contributed by atoms with van der Waals surface area (Å²) in [5.41, 5.74) is 2.94. The molecular formula is C25H27F2N5. The van der Waals surface area contributed by atoms with Crippen molar-refractivity contribution >= 4 is 0 Å². The quantitative estimate of drug-likeness (QED) is 0.393. The fourth-order valence-corrected chi connectivity index (χ4v) is 4.80. The van der Waals surface area contributed by atoms with E-state index in [-0.39, 0.29) is 11.8 Å². The normalized spacial score (nSPS) is 14.5. The Morgan fingerprint density at radius 3 is 2.28 bits per heavy atom. The number of aryl methyl sites for hydroxylation is 1. The van der Waals surface area contributed by atoms with Crippen LogP contribution < -0.4 is 0 Å². The molecule has 2 heterocycles. The van der Waals surface area contributed by atoms with E-state index in [4.69, 9.17) is 0 Å². The molecule has 7 heteroatoms. The Morgan fingerprint density at radius 2 is 1.72 bits per heavy atom. The first-order valence-electron chi connectivity index (χ1n) is 10.7. The van der Waals surface area contributed by atoms with Gasteiger partial charge in [-0.3, -0.25) is 9.36 Å². The minimum absolute atomic E-state index is 0.0263. The largest absolute Gasteiger partial charge is 0.268 e. The highest BCUT2D eigenvalue weighted by Gasteiger charge is 2.44. The van der Waals surface area contributed by atoms with Gasteiger partial charge in [0.25, 0.3) is 0 Å². The Hall–Kier alpha value is -3.35. The van der Waals surface area contributed by atoms with Gasteiger partial charge in [0.05, 0.1) is 12.2 Å². The Balaban J connectivity index is 1.82. The van der Waals surface area contributed by atoms with Crippen molar-refractivity contribution in [2.75, 3.05) is 0 Å². The minimum atomic E-state index is -0.681. The third kappa shape index (κ3) is 3.83. The van der Waals surface area contributed by atoms with Gasteiger partial charge in [0, 0.05) is 24.7 Å². The van der Waals surface area contributed by atoms with Crippen LogP contribution in [-0.2, 0) is 19.0 Å². The van der Waals surface area contributed by atoms with Gasteiger partial charge in [-0.05, 0) is 40.7 Å². The summed E-state index contributed by atoms with van der Waals surface area (Å²) in [7, 11) is 1.91. The number of rotatable bonds is 7. The van der Waals surface area contributed by atoms with Gasteiger partial charge >= 0.3 is 0 Å². The van der Waals surface area contributed by atoms with Gasteiger partial charge in [-0.2, -0.15) is 10.2 Å². The lowest BCUT2D eigenvalue weighted by atomic mass is 9.61. The number of aromatic nitrogens is 5. The van der Waals surface area contributed by atoms with E-state index in [1.54, 1.807) is 23.3 Å². The molecule has 2 atom stereocenters. The molecule has 0 bridgehead atoms. The molecule has 32 heavy (non-hydrogen) atoms. The molecule has 4 rings (SSSR count). The summed E-state index contributed by atoms with van der Waals surface area (Å²) in [4.78, 5) is 4.07. The van der Waals surface area contributed by atoms with E-state index in [0.29, 0.717) is 12.1 Å². The molecule has 0 N–H and O–H groups in total. The molecule has 0 fully saturated rings. The third-order valence-electron chi connectivity index (χ3n) is 6.65. The molecule has 166 valence electrons. The van der Waals surface area contributed by atoms with Gasteiger partial charge < -0.3 is 0 Å². The van der Waals surface area contributed by atoms with Gasteiger partial charge in [0.1, 0.15) is 24.3 Å². The van der Waals surface area contributed by atoms with Crippen molar-refractivity contribution in [1.29, 1.82) is 0 Å². The molecule has 0 aliphatic carbocycles. The highest BCUT2D eigenvalue weighted by atomic mass is 19.1.